The first-order valence-corrected chi connectivity index (χ1v) is 10.9. The Morgan fingerprint density at radius 1 is 1.09 bits per heavy atom. The number of primary amides is 1. The topological polar surface area (TPSA) is 116 Å². The number of nitrogens with zero attached hydrogens (tertiary/aromatic N) is 3. The van der Waals surface area contributed by atoms with Gasteiger partial charge in [-0.15, -0.1) is 4.65 Å². The van der Waals surface area contributed by atoms with Gasteiger partial charge in [-0.05, 0) is 30.3 Å². The number of alkyl halides is 3. The monoisotopic (exact) mass is 490 g/mol. The van der Waals surface area contributed by atoms with E-state index in [2.05, 4.69) is 10.4 Å². The average Bonchev–Trinajstić information content (AvgIpc) is 3.45. The zero-order valence-electron chi connectivity index (χ0n) is 18.5. The molecule has 1 aliphatic heterocycles. The van der Waals surface area contributed by atoms with Crippen LogP contribution in [-0.2, 0) is 9.63 Å². The van der Waals surface area contributed by atoms with Crippen molar-refractivity contribution in [3.63, 3.8) is 0 Å². The number of aromatic nitrogens is 2. The second kappa shape index (κ2) is 9.37. The fraction of sp³-hybridized carbons (Fsp3) is 0.304. The van der Waals surface area contributed by atoms with E-state index in [1.165, 1.54) is 0 Å². The zero-order valence-corrected chi connectivity index (χ0v) is 18.5. The molecule has 0 atom stereocenters. The second-order valence-corrected chi connectivity index (χ2v) is 8.30. The van der Waals surface area contributed by atoms with Crippen LogP contribution >= 0.6 is 0 Å². The molecule has 0 radical (unpaired) electrons. The molecule has 2 heterocycles. The summed E-state index contributed by atoms with van der Waals surface area (Å²) in [7, 11) is 0. The molecule has 35 heavy (non-hydrogen) atoms. The van der Waals surface area contributed by atoms with Crippen LogP contribution in [0.2, 0.25) is 0 Å². The van der Waals surface area contributed by atoms with Gasteiger partial charge in [0, 0.05) is 30.0 Å². The number of hydrogen-bond donors (Lipinski definition) is 2. The predicted molar refractivity (Wildman–Crippen MR) is 118 cm³/mol. The molecular formula is C23H23F3N5O4+. The van der Waals surface area contributed by atoms with Crippen molar-refractivity contribution in [3.8, 4) is 5.69 Å². The number of carbonyl (C=O) groups excluding carboxylic acids is 3. The van der Waals surface area contributed by atoms with Crippen molar-refractivity contribution in [2.75, 3.05) is 26.2 Å². The summed E-state index contributed by atoms with van der Waals surface area (Å²) >= 11 is 0. The molecule has 0 unspecified atom stereocenters. The van der Waals surface area contributed by atoms with E-state index >= 15 is 0 Å². The van der Waals surface area contributed by atoms with Crippen molar-refractivity contribution in [2.45, 2.75) is 19.0 Å². The molecule has 1 saturated heterocycles. The van der Waals surface area contributed by atoms with Gasteiger partial charge < -0.3 is 11.1 Å². The summed E-state index contributed by atoms with van der Waals surface area (Å²) in [6.07, 6.45) is -2.08. The zero-order chi connectivity index (χ0) is 25.2. The van der Waals surface area contributed by atoms with Gasteiger partial charge in [0.05, 0.1) is 17.8 Å². The maximum atomic E-state index is 12.6. The Balaban J connectivity index is 1.40. The molecule has 0 saturated carbocycles. The first-order chi connectivity index (χ1) is 16.6. The third kappa shape index (κ3) is 5.27. The van der Waals surface area contributed by atoms with Gasteiger partial charge in [-0.1, -0.05) is 12.1 Å². The van der Waals surface area contributed by atoms with Gasteiger partial charge in [0.1, 0.15) is 25.2 Å². The largest absolute Gasteiger partial charge is 0.497 e. The van der Waals surface area contributed by atoms with Crippen molar-refractivity contribution in [2.24, 2.45) is 5.73 Å². The molecule has 2 amide bonds. The number of nitrogens with one attached hydrogen (secondary N) is 1. The fourth-order valence-electron chi connectivity index (χ4n) is 4.12. The van der Waals surface area contributed by atoms with Crippen molar-refractivity contribution < 1.29 is 37.0 Å². The molecule has 12 heteroatoms. The van der Waals surface area contributed by atoms with Gasteiger partial charge in [-0.25, -0.2) is 9.48 Å². The highest BCUT2D eigenvalue weighted by atomic mass is 19.4. The van der Waals surface area contributed by atoms with Crippen LogP contribution in [0.1, 0.15) is 33.6 Å². The standard InChI is InChI=1S/C23H22F3N5O4/c24-23(25,26)22(34)35-31(11-1-2-12-31)13-10-28-21(33)15-6-8-17(9-7-15)30-14-16-4-3-5-18(20(27)32)19(16)29-30/h3-9,14H,1-2,10-13H2,(H2-,27,28,32,33)/p+1. The lowest BCUT2D eigenvalue weighted by Crippen LogP contribution is -2.52. The third-order valence-electron chi connectivity index (χ3n) is 5.89. The molecule has 0 bridgehead atoms. The summed E-state index contributed by atoms with van der Waals surface area (Å²) in [5.74, 6) is -3.23. The lowest BCUT2D eigenvalue weighted by Gasteiger charge is -2.30. The van der Waals surface area contributed by atoms with Crippen LogP contribution < -0.4 is 11.1 Å². The lowest BCUT2D eigenvalue weighted by molar-refractivity contribution is -1.08. The van der Waals surface area contributed by atoms with Gasteiger partial charge in [-0.3, -0.25) is 14.4 Å². The minimum atomic E-state index is -5.07. The number of nitrogens with two attached hydrogens (primary N) is 1. The van der Waals surface area contributed by atoms with Crippen molar-refractivity contribution in [1.82, 2.24) is 15.1 Å². The normalized spacial score (nSPS) is 15.2. The summed E-state index contributed by atoms with van der Waals surface area (Å²) in [5, 5.41) is 7.80. The Morgan fingerprint density at radius 2 is 1.77 bits per heavy atom. The highest BCUT2D eigenvalue weighted by Gasteiger charge is 2.48. The summed E-state index contributed by atoms with van der Waals surface area (Å²) in [6.45, 7) is 0.601. The Bertz CT molecular complexity index is 1260. The van der Waals surface area contributed by atoms with Crippen molar-refractivity contribution in [1.29, 1.82) is 0 Å². The molecule has 3 N–H and O–H groups in total. The van der Waals surface area contributed by atoms with Crippen LogP contribution in [0, 0.1) is 0 Å². The van der Waals surface area contributed by atoms with Gasteiger partial charge in [0.25, 0.3) is 11.8 Å². The van der Waals surface area contributed by atoms with Crippen LogP contribution in [0.15, 0.2) is 48.7 Å². The van der Waals surface area contributed by atoms with Crippen LogP contribution in [0.5, 0.6) is 0 Å². The Hall–Kier alpha value is -3.93. The van der Waals surface area contributed by atoms with E-state index in [1.807, 2.05) is 0 Å². The minimum Gasteiger partial charge on any atom is -0.366 e. The van der Waals surface area contributed by atoms with Crippen LogP contribution in [0.25, 0.3) is 16.6 Å². The maximum Gasteiger partial charge on any atom is 0.497 e. The molecule has 2 aromatic carbocycles. The second-order valence-electron chi connectivity index (χ2n) is 8.30. The van der Waals surface area contributed by atoms with E-state index in [9.17, 15) is 27.6 Å². The first-order valence-electron chi connectivity index (χ1n) is 10.9. The molecule has 4 rings (SSSR count). The van der Waals surface area contributed by atoms with E-state index in [1.54, 1.807) is 53.3 Å². The van der Waals surface area contributed by atoms with Crippen molar-refractivity contribution in [3.05, 3.63) is 59.8 Å². The molecule has 1 aliphatic rings. The van der Waals surface area contributed by atoms with E-state index in [4.69, 9.17) is 10.6 Å². The highest BCUT2D eigenvalue weighted by molar-refractivity contribution is 6.04. The van der Waals surface area contributed by atoms with Gasteiger partial charge in [0.15, 0.2) is 0 Å². The molecule has 9 nitrogen and oxygen atoms in total. The highest BCUT2D eigenvalue weighted by Crippen LogP contribution is 2.25. The van der Waals surface area contributed by atoms with E-state index < -0.39 is 28.6 Å². The summed E-state index contributed by atoms with van der Waals surface area (Å²) in [5.41, 5.74) is 7.15. The Labute approximate surface area is 197 Å². The number of rotatable bonds is 7. The van der Waals surface area contributed by atoms with Gasteiger partial charge in [-0.2, -0.15) is 18.3 Å². The van der Waals surface area contributed by atoms with Gasteiger partial charge >= 0.3 is 12.1 Å². The van der Waals surface area contributed by atoms with Crippen LogP contribution in [0.4, 0.5) is 13.2 Å². The molecule has 1 aromatic heterocycles. The number of fused-ring (bicyclic) bond motifs is 1. The quantitative estimate of drug-likeness (QED) is 0.494. The molecular weight excluding hydrogens is 467 g/mol. The Morgan fingerprint density at radius 3 is 2.40 bits per heavy atom. The van der Waals surface area contributed by atoms with Crippen LogP contribution in [-0.4, -0.2) is 64.6 Å². The number of quaternary nitrogens is 1. The molecule has 3 aromatic rings. The summed E-state index contributed by atoms with van der Waals surface area (Å²) in [6, 6.07) is 11.6. The number of likely N-dealkylation sites (tertiary alicyclic amines) is 1. The molecule has 1 fully saturated rings. The number of hydrogen-bond acceptors (Lipinski definition) is 5. The molecule has 184 valence electrons. The van der Waals surface area contributed by atoms with E-state index in [0.29, 0.717) is 35.2 Å². The summed E-state index contributed by atoms with van der Waals surface area (Å²) in [4.78, 5) is 40.2. The molecule has 0 aliphatic carbocycles. The minimum absolute atomic E-state index is 0.0339. The molecule has 0 spiro atoms. The maximum absolute atomic E-state index is 12.6. The van der Waals surface area contributed by atoms with E-state index in [-0.39, 0.29) is 26.2 Å². The number of hydroxylamine groups is 3. The van der Waals surface area contributed by atoms with E-state index in [0.717, 1.165) is 5.39 Å². The third-order valence-corrected chi connectivity index (χ3v) is 5.89. The lowest BCUT2D eigenvalue weighted by atomic mass is 10.1. The first kappa shape index (κ1) is 24.2. The Kier molecular flexibility index (Phi) is 6.48. The fourth-order valence-corrected chi connectivity index (χ4v) is 4.12. The van der Waals surface area contributed by atoms with Crippen LogP contribution in [0.3, 0.4) is 0 Å². The number of halogens is 3. The number of amides is 2. The number of carbonyl (C=O) groups is 3. The predicted octanol–water partition coefficient (Wildman–Crippen LogP) is 2.49. The smallest absolute Gasteiger partial charge is 0.366 e. The number of benzene rings is 2. The SMILES string of the molecule is NC(=O)c1cccc2cn(-c3ccc(C(=O)NCC[N+]4(OC(=O)C(F)(F)F)CCCC4)cc3)nc12. The average molecular weight is 490 g/mol. The van der Waals surface area contributed by atoms with Gasteiger partial charge in [0.2, 0.25) is 0 Å². The summed E-state index contributed by atoms with van der Waals surface area (Å²) < 4.78 is 39.0. The van der Waals surface area contributed by atoms with Crippen molar-refractivity contribution >= 4 is 28.7 Å².